The molecule has 46 heavy (non-hydrogen) atoms. The Morgan fingerprint density at radius 3 is 2.24 bits per heavy atom. The number of nitrogens with two attached hydrogens (primary N) is 1. The molecule has 1 fully saturated rings. The molecule has 0 radical (unpaired) electrons. The standard InChI is InChI=1S/C28H28ClF3N8O6/c1-2-45-23(44)19(13-34-22(43)20(33)41)36-21(42)15-3-9-18(10-4-15)35-24-37-25(39-26(38-24)46-14-28(30,31)32)40-27(11-12-27)16-5-7-17(29)8-6-16/h3-10,19H,2,11-14H2,1H3,(H2,33,41)(H,34,43)(H,36,42)(H2,35,37,38,39,40). The van der Waals surface area contributed by atoms with Crippen LogP contribution >= 0.6 is 11.6 Å². The number of carbonyl (C=O) groups is 4. The van der Waals surface area contributed by atoms with Gasteiger partial charge in [-0.2, -0.15) is 28.1 Å². The van der Waals surface area contributed by atoms with Crippen LogP contribution in [-0.4, -0.2) is 70.6 Å². The van der Waals surface area contributed by atoms with E-state index in [1.165, 1.54) is 24.3 Å². The van der Waals surface area contributed by atoms with Gasteiger partial charge in [0.05, 0.1) is 12.1 Å². The van der Waals surface area contributed by atoms with Gasteiger partial charge in [-0.25, -0.2) is 4.79 Å². The number of nitrogens with one attached hydrogen (secondary N) is 4. The third-order valence-corrected chi connectivity index (χ3v) is 6.70. The number of hydrogen-bond acceptors (Lipinski definition) is 11. The van der Waals surface area contributed by atoms with Crippen LogP contribution in [0.1, 0.15) is 35.7 Å². The van der Waals surface area contributed by atoms with Crippen LogP contribution in [0.3, 0.4) is 0 Å². The molecular formula is C28H28ClF3N8O6. The highest BCUT2D eigenvalue weighted by molar-refractivity contribution is 6.34. The second kappa shape index (κ2) is 14.3. The first kappa shape index (κ1) is 33.7. The van der Waals surface area contributed by atoms with E-state index in [1.807, 2.05) is 12.1 Å². The average molecular weight is 665 g/mol. The molecule has 1 saturated carbocycles. The number of alkyl halides is 3. The quantitative estimate of drug-likeness (QED) is 0.133. The molecule has 14 nitrogen and oxygen atoms in total. The highest BCUT2D eigenvalue weighted by Crippen LogP contribution is 2.48. The maximum Gasteiger partial charge on any atom is 0.422 e. The number of anilines is 3. The fraction of sp³-hybridized carbons (Fsp3) is 0.321. The molecule has 1 aliphatic carbocycles. The highest BCUT2D eigenvalue weighted by Gasteiger charge is 2.45. The molecule has 1 aliphatic rings. The van der Waals surface area contributed by atoms with Crippen LogP contribution in [-0.2, 0) is 24.7 Å². The number of carbonyl (C=O) groups excluding carboxylic acids is 4. The molecule has 3 amide bonds. The van der Waals surface area contributed by atoms with Gasteiger partial charge in [0.1, 0.15) is 6.04 Å². The SMILES string of the molecule is CCOC(=O)C(CNC(=O)C(N)=O)NC(=O)c1ccc(Nc2nc(NC3(c4ccc(Cl)cc4)CC3)nc(OCC(F)(F)F)n2)cc1. The van der Waals surface area contributed by atoms with E-state index in [1.54, 1.807) is 19.1 Å². The Hall–Kier alpha value is -5.19. The monoisotopic (exact) mass is 664 g/mol. The van der Waals surface area contributed by atoms with Gasteiger partial charge in [0, 0.05) is 22.8 Å². The van der Waals surface area contributed by atoms with Gasteiger partial charge in [-0.15, -0.1) is 0 Å². The summed E-state index contributed by atoms with van der Waals surface area (Å²) in [5.74, 6) is -4.18. The Morgan fingerprint density at radius 2 is 1.65 bits per heavy atom. The van der Waals surface area contributed by atoms with E-state index in [0.717, 1.165) is 5.56 Å². The van der Waals surface area contributed by atoms with Gasteiger partial charge in [0.25, 0.3) is 5.91 Å². The summed E-state index contributed by atoms with van der Waals surface area (Å²) in [7, 11) is 0. The van der Waals surface area contributed by atoms with Crippen LogP contribution in [0.25, 0.3) is 0 Å². The maximum atomic E-state index is 12.9. The van der Waals surface area contributed by atoms with Crippen molar-refractivity contribution in [2.45, 2.75) is 37.5 Å². The van der Waals surface area contributed by atoms with Crippen molar-refractivity contribution >= 4 is 52.9 Å². The van der Waals surface area contributed by atoms with Crippen LogP contribution < -0.4 is 31.7 Å². The van der Waals surface area contributed by atoms with Crippen LogP contribution in [0.5, 0.6) is 6.01 Å². The zero-order chi connectivity index (χ0) is 33.5. The number of benzene rings is 2. The molecule has 4 rings (SSSR count). The predicted molar refractivity (Wildman–Crippen MR) is 157 cm³/mol. The molecule has 0 spiro atoms. The number of halogens is 4. The Labute approximate surface area is 264 Å². The maximum absolute atomic E-state index is 12.9. The summed E-state index contributed by atoms with van der Waals surface area (Å²) in [5.41, 5.74) is 5.66. The summed E-state index contributed by atoms with van der Waals surface area (Å²) in [6, 6.07) is 10.8. The minimum absolute atomic E-state index is 0.00524. The fourth-order valence-electron chi connectivity index (χ4n) is 4.07. The van der Waals surface area contributed by atoms with Crippen molar-refractivity contribution in [2.24, 2.45) is 5.73 Å². The van der Waals surface area contributed by atoms with Gasteiger partial charge in [-0.05, 0) is 61.7 Å². The summed E-state index contributed by atoms with van der Waals surface area (Å²) in [6.07, 6.45) is -3.22. The lowest BCUT2D eigenvalue weighted by Crippen LogP contribution is -2.50. The van der Waals surface area contributed by atoms with Gasteiger partial charge in [-0.1, -0.05) is 23.7 Å². The zero-order valence-corrected chi connectivity index (χ0v) is 24.9. The second-order valence-corrected chi connectivity index (χ2v) is 10.4. The summed E-state index contributed by atoms with van der Waals surface area (Å²) < 4.78 is 48.3. The van der Waals surface area contributed by atoms with E-state index in [4.69, 9.17) is 26.8 Å². The molecule has 1 aromatic heterocycles. The van der Waals surface area contributed by atoms with Gasteiger partial charge in [0.15, 0.2) is 6.61 Å². The lowest BCUT2D eigenvalue weighted by molar-refractivity contribution is -0.154. The Kier molecular flexibility index (Phi) is 10.5. The number of hydrogen-bond donors (Lipinski definition) is 5. The Bertz CT molecular complexity index is 1590. The number of nitrogens with zero attached hydrogens (tertiary/aromatic N) is 3. The first-order valence-corrected chi connectivity index (χ1v) is 14.1. The Morgan fingerprint density at radius 1 is 1.00 bits per heavy atom. The van der Waals surface area contributed by atoms with Gasteiger partial charge in [-0.3, -0.25) is 14.4 Å². The van der Waals surface area contributed by atoms with Crippen molar-refractivity contribution in [2.75, 3.05) is 30.4 Å². The Balaban J connectivity index is 1.49. The van der Waals surface area contributed by atoms with Gasteiger partial charge in [0.2, 0.25) is 11.9 Å². The molecule has 1 unspecified atom stereocenters. The molecule has 18 heteroatoms. The van der Waals surface area contributed by atoms with E-state index < -0.39 is 60.6 Å². The van der Waals surface area contributed by atoms with E-state index in [0.29, 0.717) is 23.6 Å². The van der Waals surface area contributed by atoms with Gasteiger partial charge >= 0.3 is 30.0 Å². The molecule has 244 valence electrons. The summed E-state index contributed by atoms with van der Waals surface area (Å²) in [5, 5.41) is 11.1. The lowest BCUT2D eigenvalue weighted by Gasteiger charge is -2.19. The molecule has 2 aromatic carbocycles. The van der Waals surface area contributed by atoms with E-state index >= 15 is 0 Å². The molecular weight excluding hydrogens is 637 g/mol. The zero-order valence-electron chi connectivity index (χ0n) is 24.1. The number of rotatable bonds is 13. The van der Waals surface area contributed by atoms with E-state index in [-0.39, 0.29) is 24.1 Å². The number of amides is 3. The van der Waals surface area contributed by atoms with Gasteiger partial charge < -0.3 is 36.5 Å². The van der Waals surface area contributed by atoms with Crippen molar-refractivity contribution in [3.63, 3.8) is 0 Å². The topological polar surface area (TPSA) is 200 Å². The van der Waals surface area contributed by atoms with Crippen molar-refractivity contribution in [3.8, 4) is 6.01 Å². The van der Waals surface area contributed by atoms with Crippen LogP contribution in [0.2, 0.25) is 5.02 Å². The highest BCUT2D eigenvalue weighted by atomic mass is 35.5. The largest absolute Gasteiger partial charge is 0.464 e. The third-order valence-electron chi connectivity index (χ3n) is 6.45. The smallest absolute Gasteiger partial charge is 0.422 e. The summed E-state index contributed by atoms with van der Waals surface area (Å²) in [4.78, 5) is 59.8. The number of esters is 1. The minimum atomic E-state index is -4.63. The summed E-state index contributed by atoms with van der Waals surface area (Å²) >= 11 is 6.00. The van der Waals surface area contributed by atoms with Crippen LogP contribution in [0, 0.1) is 0 Å². The summed E-state index contributed by atoms with van der Waals surface area (Å²) in [6.45, 7) is -0.541. The van der Waals surface area contributed by atoms with E-state index in [9.17, 15) is 32.3 Å². The first-order valence-electron chi connectivity index (χ1n) is 13.7. The molecule has 0 saturated heterocycles. The number of primary amides is 1. The number of aromatic nitrogens is 3. The number of ether oxygens (including phenoxy) is 2. The lowest BCUT2D eigenvalue weighted by atomic mass is 10.1. The molecule has 1 atom stereocenters. The van der Waals surface area contributed by atoms with Crippen molar-refractivity contribution in [3.05, 3.63) is 64.7 Å². The van der Waals surface area contributed by atoms with Crippen molar-refractivity contribution < 1.29 is 41.8 Å². The molecule has 0 bridgehead atoms. The van der Waals surface area contributed by atoms with E-state index in [2.05, 4.69) is 36.2 Å². The second-order valence-electron chi connectivity index (χ2n) is 9.94. The molecule has 1 heterocycles. The molecule has 3 aromatic rings. The predicted octanol–water partition coefficient (Wildman–Crippen LogP) is 2.57. The molecule has 6 N–H and O–H groups in total. The minimum Gasteiger partial charge on any atom is -0.464 e. The molecule has 0 aliphatic heterocycles. The van der Waals surface area contributed by atoms with Crippen LogP contribution in [0.4, 0.5) is 30.8 Å². The average Bonchev–Trinajstić information content (AvgIpc) is 3.78. The normalized spacial score (nSPS) is 13.9. The first-order chi connectivity index (χ1) is 21.8. The van der Waals surface area contributed by atoms with Crippen LogP contribution in [0.15, 0.2) is 48.5 Å². The van der Waals surface area contributed by atoms with Crippen molar-refractivity contribution in [1.29, 1.82) is 0 Å². The fourth-order valence-corrected chi connectivity index (χ4v) is 4.19. The third kappa shape index (κ3) is 9.40. The van der Waals surface area contributed by atoms with Crippen molar-refractivity contribution in [1.82, 2.24) is 25.6 Å².